The van der Waals surface area contributed by atoms with E-state index in [0.717, 1.165) is 0 Å². The van der Waals surface area contributed by atoms with Crippen molar-refractivity contribution >= 4 is 22.6 Å². The molecule has 1 aromatic heterocycles. The number of benzene rings is 1. The number of aromatic amines is 1. The van der Waals surface area contributed by atoms with E-state index < -0.39 is 10.9 Å². The Labute approximate surface area is 114 Å². The van der Waals surface area contributed by atoms with E-state index in [-0.39, 0.29) is 23.7 Å². The molecule has 1 N–H and O–H groups in total. The average molecular weight is 278 g/mol. The van der Waals surface area contributed by atoms with Crippen molar-refractivity contribution in [1.29, 1.82) is 0 Å². The van der Waals surface area contributed by atoms with Crippen LogP contribution in [0.4, 0.5) is 5.69 Å². The van der Waals surface area contributed by atoms with Crippen molar-refractivity contribution in [2.75, 3.05) is 13.7 Å². The fraction of sp³-hybridized carbons (Fsp3) is 0.308. The number of fused-ring (bicyclic) bond motifs is 1. The summed E-state index contributed by atoms with van der Waals surface area (Å²) in [5.74, 6) is -0.380. The van der Waals surface area contributed by atoms with Gasteiger partial charge in [0.25, 0.3) is 0 Å². The summed E-state index contributed by atoms with van der Waals surface area (Å²) >= 11 is 0. The molecule has 2 aromatic rings. The van der Waals surface area contributed by atoms with Crippen molar-refractivity contribution < 1.29 is 19.2 Å². The predicted octanol–water partition coefficient (Wildman–Crippen LogP) is 2.57. The van der Waals surface area contributed by atoms with Crippen LogP contribution in [-0.2, 0) is 4.74 Å². The van der Waals surface area contributed by atoms with Crippen LogP contribution in [0.25, 0.3) is 10.9 Å². The van der Waals surface area contributed by atoms with Crippen LogP contribution < -0.4 is 4.74 Å². The minimum absolute atomic E-state index is 0.153. The Morgan fingerprint density at radius 3 is 2.70 bits per heavy atom. The number of H-pyrrole nitrogens is 1. The lowest BCUT2D eigenvalue weighted by Crippen LogP contribution is -2.06. The summed E-state index contributed by atoms with van der Waals surface area (Å²) in [5, 5.41) is 11.6. The van der Waals surface area contributed by atoms with Gasteiger partial charge in [0, 0.05) is 0 Å². The number of carbonyl (C=O) groups excluding carboxylic acids is 1. The molecule has 0 aliphatic rings. The fourth-order valence-corrected chi connectivity index (χ4v) is 2.16. The molecule has 0 aliphatic heterocycles. The SMILES string of the molecule is CCOC(=O)c1[nH]c2ccc(OC)c([N+](=O)[O-])c2c1C. The number of hydrogen-bond donors (Lipinski definition) is 1. The smallest absolute Gasteiger partial charge is 0.355 e. The summed E-state index contributed by atoms with van der Waals surface area (Å²) in [7, 11) is 1.36. The summed E-state index contributed by atoms with van der Waals surface area (Å²) in [6.07, 6.45) is 0. The van der Waals surface area contributed by atoms with E-state index in [4.69, 9.17) is 9.47 Å². The average Bonchev–Trinajstić information content (AvgIpc) is 2.75. The number of aromatic nitrogens is 1. The molecule has 7 nitrogen and oxygen atoms in total. The van der Waals surface area contributed by atoms with E-state index in [0.29, 0.717) is 16.5 Å². The molecule has 1 heterocycles. The first kappa shape index (κ1) is 13.9. The largest absolute Gasteiger partial charge is 0.490 e. The minimum Gasteiger partial charge on any atom is -0.490 e. The highest BCUT2D eigenvalue weighted by Crippen LogP contribution is 2.38. The van der Waals surface area contributed by atoms with Gasteiger partial charge in [0.05, 0.1) is 29.5 Å². The van der Waals surface area contributed by atoms with E-state index in [2.05, 4.69) is 4.98 Å². The van der Waals surface area contributed by atoms with Crippen LogP contribution in [0.1, 0.15) is 23.0 Å². The molecule has 2 rings (SSSR count). The van der Waals surface area contributed by atoms with E-state index >= 15 is 0 Å². The number of nitro groups is 1. The lowest BCUT2D eigenvalue weighted by Gasteiger charge is -2.03. The van der Waals surface area contributed by atoms with Crippen LogP contribution >= 0.6 is 0 Å². The zero-order valence-electron chi connectivity index (χ0n) is 11.4. The minimum atomic E-state index is -0.533. The number of rotatable bonds is 4. The molecule has 0 unspecified atom stereocenters. The molecule has 0 spiro atoms. The molecule has 0 saturated heterocycles. The van der Waals surface area contributed by atoms with Gasteiger partial charge in [0.2, 0.25) is 0 Å². The van der Waals surface area contributed by atoms with Crippen molar-refractivity contribution in [2.45, 2.75) is 13.8 Å². The Morgan fingerprint density at radius 2 is 2.15 bits per heavy atom. The summed E-state index contributed by atoms with van der Waals surface area (Å²) in [4.78, 5) is 25.4. The first-order valence-corrected chi connectivity index (χ1v) is 6.02. The van der Waals surface area contributed by atoms with Gasteiger partial charge in [0.15, 0.2) is 5.75 Å². The third kappa shape index (κ3) is 2.07. The zero-order chi connectivity index (χ0) is 14.9. The third-order valence-corrected chi connectivity index (χ3v) is 3.03. The molecule has 0 radical (unpaired) electrons. The Morgan fingerprint density at radius 1 is 1.45 bits per heavy atom. The lowest BCUT2D eigenvalue weighted by molar-refractivity contribution is -0.384. The summed E-state index contributed by atoms with van der Waals surface area (Å²) in [6, 6.07) is 3.13. The number of ether oxygens (including phenoxy) is 2. The zero-order valence-corrected chi connectivity index (χ0v) is 11.4. The van der Waals surface area contributed by atoms with Gasteiger partial charge in [-0.3, -0.25) is 10.1 Å². The topological polar surface area (TPSA) is 94.5 Å². The van der Waals surface area contributed by atoms with Crippen LogP contribution in [0.5, 0.6) is 5.75 Å². The van der Waals surface area contributed by atoms with Gasteiger partial charge in [-0.05, 0) is 31.5 Å². The van der Waals surface area contributed by atoms with Crippen LogP contribution in [0.3, 0.4) is 0 Å². The molecule has 7 heteroatoms. The number of nitrogens with one attached hydrogen (secondary N) is 1. The molecule has 0 saturated carbocycles. The quantitative estimate of drug-likeness (QED) is 0.527. The molecule has 0 amide bonds. The monoisotopic (exact) mass is 278 g/mol. The van der Waals surface area contributed by atoms with Crippen molar-refractivity contribution in [3.05, 3.63) is 33.5 Å². The lowest BCUT2D eigenvalue weighted by atomic mass is 10.1. The summed E-state index contributed by atoms with van der Waals surface area (Å²) < 4.78 is 9.94. The first-order valence-electron chi connectivity index (χ1n) is 6.02. The second kappa shape index (κ2) is 5.20. The van der Waals surface area contributed by atoms with Gasteiger partial charge in [-0.25, -0.2) is 4.79 Å². The third-order valence-electron chi connectivity index (χ3n) is 3.03. The van der Waals surface area contributed by atoms with Gasteiger partial charge in [-0.15, -0.1) is 0 Å². The molecular weight excluding hydrogens is 264 g/mol. The van der Waals surface area contributed by atoms with Crippen molar-refractivity contribution in [2.24, 2.45) is 0 Å². The fourth-order valence-electron chi connectivity index (χ4n) is 2.16. The highest BCUT2D eigenvalue weighted by Gasteiger charge is 2.26. The highest BCUT2D eigenvalue weighted by atomic mass is 16.6. The van der Waals surface area contributed by atoms with Gasteiger partial charge in [-0.2, -0.15) is 0 Å². The van der Waals surface area contributed by atoms with E-state index in [9.17, 15) is 14.9 Å². The van der Waals surface area contributed by atoms with Crippen LogP contribution in [0, 0.1) is 17.0 Å². The highest BCUT2D eigenvalue weighted by molar-refractivity contribution is 6.02. The summed E-state index contributed by atoms with van der Waals surface area (Å²) in [6.45, 7) is 3.57. The van der Waals surface area contributed by atoms with E-state index in [1.807, 2.05) is 0 Å². The Kier molecular flexibility index (Phi) is 3.60. The number of methoxy groups -OCH3 is 1. The normalized spacial score (nSPS) is 10.6. The number of hydrogen-bond acceptors (Lipinski definition) is 5. The predicted molar refractivity (Wildman–Crippen MR) is 72.2 cm³/mol. The molecule has 106 valence electrons. The van der Waals surface area contributed by atoms with E-state index in [1.165, 1.54) is 13.2 Å². The van der Waals surface area contributed by atoms with Crippen LogP contribution in [0.2, 0.25) is 0 Å². The Balaban J connectivity index is 2.75. The maximum absolute atomic E-state index is 11.8. The van der Waals surface area contributed by atoms with Crippen molar-refractivity contribution in [3.8, 4) is 5.75 Å². The van der Waals surface area contributed by atoms with Crippen LogP contribution in [0.15, 0.2) is 12.1 Å². The number of nitro benzene ring substituents is 1. The second-order valence-corrected chi connectivity index (χ2v) is 4.14. The Bertz CT molecular complexity index is 690. The van der Waals surface area contributed by atoms with Gasteiger partial charge in [0.1, 0.15) is 5.69 Å². The number of esters is 1. The standard InChI is InChI=1S/C13H14N2O5/c1-4-20-13(16)11-7(2)10-8(14-11)5-6-9(19-3)12(10)15(17)18/h5-6,14H,4H2,1-3H3. The molecule has 20 heavy (non-hydrogen) atoms. The van der Waals surface area contributed by atoms with Gasteiger partial charge < -0.3 is 14.5 Å². The molecule has 1 aromatic carbocycles. The Hall–Kier alpha value is -2.57. The van der Waals surface area contributed by atoms with Crippen LogP contribution in [-0.4, -0.2) is 29.6 Å². The first-order chi connectivity index (χ1) is 9.51. The number of aryl methyl sites for hydroxylation is 1. The second-order valence-electron chi connectivity index (χ2n) is 4.14. The van der Waals surface area contributed by atoms with Crippen molar-refractivity contribution in [1.82, 2.24) is 4.98 Å². The molecular formula is C13H14N2O5. The number of nitrogens with zero attached hydrogens (tertiary/aromatic N) is 1. The van der Waals surface area contributed by atoms with Crippen molar-refractivity contribution in [3.63, 3.8) is 0 Å². The molecule has 0 aliphatic carbocycles. The van der Waals surface area contributed by atoms with E-state index in [1.54, 1.807) is 19.9 Å². The number of carbonyl (C=O) groups is 1. The molecule has 0 atom stereocenters. The van der Waals surface area contributed by atoms with Gasteiger partial charge >= 0.3 is 11.7 Å². The van der Waals surface area contributed by atoms with Gasteiger partial charge in [-0.1, -0.05) is 0 Å². The maximum Gasteiger partial charge on any atom is 0.355 e. The summed E-state index contributed by atoms with van der Waals surface area (Å²) in [5.41, 5.74) is 1.04. The molecule has 0 bridgehead atoms. The molecule has 0 fully saturated rings. The maximum atomic E-state index is 11.8.